The summed E-state index contributed by atoms with van der Waals surface area (Å²) < 4.78 is 5.74. The minimum absolute atomic E-state index is 0.0826. The number of hydrogen-bond acceptors (Lipinski definition) is 6. The molecule has 3 heterocycles. The van der Waals surface area contributed by atoms with Crippen molar-refractivity contribution >= 4 is 17.5 Å². The fourth-order valence-electron chi connectivity index (χ4n) is 4.46. The molecule has 8 nitrogen and oxygen atoms in total. The molecule has 162 valence electrons. The molecule has 32 heavy (non-hydrogen) atoms. The molecule has 1 fully saturated rings. The van der Waals surface area contributed by atoms with Crippen LogP contribution >= 0.6 is 0 Å². The summed E-state index contributed by atoms with van der Waals surface area (Å²) in [4.78, 5) is 36.3. The maximum Gasteiger partial charge on any atom is 0.321 e. The summed E-state index contributed by atoms with van der Waals surface area (Å²) in [5, 5.41) is 6.07. The number of carbonyl (C=O) groups is 2. The fraction of sp³-hybridized carbons (Fsp3) is 0.250. The first-order chi connectivity index (χ1) is 15.5. The van der Waals surface area contributed by atoms with Crippen molar-refractivity contribution in [3.05, 3.63) is 78.1 Å². The molecule has 2 aromatic carbocycles. The summed E-state index contributed by atoms with van der Waals surface area (Å²) in [7, 11) is 0. The highest BCUT2D eigenvalue weighted by Crippen LogP contribution is 2.33. The first-order valence-corrected chi connectivity index (χ1v) is 10.5. The molecule has 0 unspecified atom stereocenters. The van der Waals surface area contributed by atoms with Crippen molar-refractivity contribution in [3.8, 4) is 11.8 Å². The number of para-hydroxylation sites is 1. The van der Waals surface area contributed by atoms with Crippen LogP contribution in [0.4, 0.5) is 5.69 Å². The van der Waals surface area contributed by atoms with Gasteiger partial charge in [-0.2, -0.15) is 0 Å². The van der Waals surface area contributed by atoms with E-state index < -0.39 is 5.54 Å². The summed E-state index contributed by atoms with van der Waals surface area (Å²) in [6.45, 7) is 3.66. The topological polar surface area (TPSA) is 96.4 Å². The van der Waals surface area contributed by atoms with Crippen LogP contribution in [-0.4, -0.2) is 45.3 Å². The number of benzene rings is 2. The lowest BCUT2D eigenvalue weighted by Crippen LogP contribution is -2.56. The number of ether oxygens (including phenoxy) is 1. The lowest BCUT2D eigenvalue weighted by atomic mass is 9.86. The SMILES string of the molecule is C[C@]12CN(Cc3cccc(Oc4ncccn4)c3)C[C@H]1C(=O)Nc1ccccc1C(=O)N2. The molecule has 0 radical (unpaired) electrons. The number of nitrogens with zero attached hydrogens (tertiary/aromatic N) is 3. The summed E-state index contributed by atoms with van der Waals surface area (Å²) in [6.07, 6.45) is 3.25. The van der Waals surface area contributed by atoms with Crippen molar-refractivity contribution in [1.29, 1.82) is 0 Å². The lowest BCUT2D eigenvalue weighted by molar-refractivity contribution is -0.121. The quantitative estimate of drug-likeness (QED) is 0.662. The van der Waals surface area contributed by atoms with Crippen LogP contribution < -0.4 is 15.4 Å². The van der Waals surface area contributed by atoms with Crippen LogP contribution in [0.15, 0.2) is 67.0 Å². The molecule has 2 atom stereocenters. The second kappa shape index (κ2) is 8.05. The molecule has 1 aromatic heterocycles. The van der Waals surface area contributed by atoms with Crippen molar-refractivity contribution in [2.45, 2.75) is 19.0 Å². The van der Waals surface area contributed by atoms with Gasteiger partial charge in [-0.15, -0.1) is 0 Å². The van der Waals surface area contributed by atoms with Gasteiger partial charge in [0.2, 0.25) is 5.91 Å². The van der Waals surface area contributed by atoms with Gasteiger partial charge < -0.3 is 15.4 Å². The van der Waals surface area contributed by atoms with Gasteiger partial charge in [-0.05, 0) is 42.8 Å². The van der Waals surface area contributed by atoms with E-state index in [2.05, 4.69) is 25.5 Å². The average molecular weight is 429 g/mol. The number of carbonyl (C=O) groups excluding carboxylic acids is 2. The molecule has 5 rings (SSSR count). The monoisotopic (exact) mass is 429 g/mol. The first kappa shape index (κ1) is 20.1. The predicted molar refractivity (Wildman–Crippen MR) is 118 cm³/mol. The lowest BCUT2D eigenvalue weighted by Gasteiger charge is -2.33. The molecule has 0 saturated carbocycles. The van der Waals surface area contributed by atoms with Crippen LogP contribution in [-0.2, 0) is 11.3 Å². The van der Waals surface area contributed by atoms with Gasteiger partial charge in [0.05, 0.1) is 22.7 Å². The molecule has 1 saturated heterocycles. The van der Waals surface area contributed by atoms with E-state index in [-0.39, 0.29) is 23.7 Å². The molecular weight excluding hydrogens is 406 g/mol. The Kier molecular flexibility index (Phi) is 5.07. The molecule has 2 amide bonds. The summed E-state index contributed by atoms with van der Waals surface area (Å²) in [6, 6.07) is 16.8. The van der Waals surface area contributed by atoms with E-state index in [1.165, 1.54) is 0 Å². The average Bonchev–Trinajstić information content (AvgIpc) is 3.09. The summed E-state index contributed by atoms with van der Waals surface area (Å²) in [5.41, 5.74) is 1.39. The van der Waals surface area contributed by atoms with Gasteiger partial charge >= 0.3 is 6.01 Å². The number of aromatic nitrogens is 2. The van der Waals surface area contributed by atoms with E-state index in [1.807, 2.05) is 37.3 Å². The largest absolute Gasteiger partial charge is 0.424 e. The van der Waals surface area contributed by atoms with E-state index >= 15 is 0 Å². The molecule has 2 N–H and O–H groups in total. The van der Waals surface area contributed by atoms with Crippen LogP contribution in [0.3, 0.4) is 0 Å². The molecule has 0 bridgehead atoms. The third-order valence-electron chi connectivity index (χ3n) is 5.96. The molecular formula is C24H23N5O3. The Morgan fingerprint density at radius 1 is 1.09 bits per heavy atom. The molecule has 0 aliphatic carbocycles. The second-order valence-electron chi connectivity index (χ2n) is 8.41. The van der Waals surface area contributed by atoms with Gasteiger partial charge in [-0.1, -0.05) is 24.3 Å². The Hall–Kier alpha value is -3.78. The number of rotatable bonds is 4. The number of anilines is 1. The van der Waals surface area contributed by atoms with Crippen molar-refractivity contribution < 1.29 is 14.3 Å². The number of amides is 2. The molecule has 0 spiro atoms. The minimum Gasteiger partial charge on any atom is -0.424 e. The first-order valence-electron chi connectivity index (χ1n) is 10.5. The molecule has 8 heteroatoms. The number of fused-ring (bicyclic) bond motifs is 2. The maximum absolute atomic E-state index is 13.1. The standard InChI is InChI=1S/C24H23N5O3/c1-24-15-29(13-16-6-4-7-17(12-16)32-23-25-10-5-11-26-23)14-19(24)22(31)27-20-9-3-2-8-18(20)21(30)28-24/h2-12,19H,13-15H2,1H3,(H,27,31)(H,28,30)/t19-,24-/m0/s1. The van der Waals surface area contributed by atoms with E-state index in [0.29, 0.717) is 36.6 Å². The molecule has 2 aliphatic rings. The van der Waals surface area contributed by atoms with Gasteiger partial charge in [0, 0.05) is 32.0 Å². The van der Waals surface area contributed by atoms with Crippen molar-refractivity contribution in [3.63, 3.8) is 0 Å². The predicted octanol–water partition coefficient (Wildman–Crippen LogP) is 2.84. The Labute approximate surface area is 185 Å². The minimum atomic E-state index is -0.666. The van der Waals surface area contributed by atoms with Gasteiger partial charge in [0.15, 0.2) is 0 Å². The Morgan fingerprint density at radius 2 is 1.91 bits per heavy atom. The molecule has 3 aromatic rings. The van der Waals surface area contributed by atoms with E-state index in [4.69, 9.17) is 4.74 Å². The number of nitrogens with one attached hydrogen (secondary N) is 2. The highest BCUT2D eigenvalue weighted by Gasteiger charge is 2.49. The van der Waals surface area contributed by atoms with E-state index in [9.17, 15) is 9.59 Å². The maximum atomic E-state index is 13.1. The van der Waals surface area contributed by atoms with Crippen molar-refractivity contribution in [2.75, 3.05) is 18.4 Å². The Bertz CT molecular complexity index is 1170. The highest BCUT2D eigenvalue weighted by molar-refractivity contribution is 6.06. The van der Waals surface area contributed by atoms with Gasteiger partial charge in [0.1, 0.15) is 5.75 Å². The smallest absolute Gasteiger partial charge is 0.321 e. The van der Waals surface area contributed by atoms with Crippen LogP contribution in [0.5, 0.6) is 11.8 Å². The zero-order valence-corrected chi connectivity index (χ0v) is 17.6. The van der Waals surface area contributed by atoms with Gasteiger partial charge in [-0.25, -0.2) is 9.97 Å². The Balaban J connectivity index is 1.33. The number of likely N-dealkylation sites (tertiary alicyclic amines) is 1. The van der Waals surface area contributed by atoms with Crippen molar-refractivity contribution in [2.24, 2.45) is 5.92 Å². The van der Waals surface area contributed by atoms with Gasteiger partial charge in [-0.3, -0.25) is 14.5 Å². The van der Waals surface area contributed by atoms with Crippen LogP contribution in [0, 0.1) is 5.92 Å². The Morgan fingerprint density at radius 3 is 2.75 bits per heavy atom. The van der Waals surface area contributed by atoms with Crippen LogP contribution in [0.2, 0.25) is 0 Å². The zero-order valence-electron chi connectivity index (χ0n) is 17.6. The fourth-order valence-corrected chi connectivity index (χ4v) is 4.46. The third kappa shape index (κ3) is 3.92. The van der Waals surface area contributed by atoms with E-state index in [1.54, 1.807) is 36.7 Å². The zero-order chi connectivity index (χ0) is 22.1. The highest BCUT2D eigenvalue weighted by atomic mass is 16.5. The second-order valence-corrected chi connectivity index (χ2v) is 8.41. The number of hydrogen-bond donors (Lipinski definition) is 2. The van der Waals surface area contributed by atoms with Gasteiger partial charge in [0.25, 0.3) is 5.91 Å². The molecule has 2 aliphatic heterocycles. The normalized spacial score (nSPS) is 22.7. The summed E-state index contributed by atoms with van der Waals surface area (Å²) >= 11 is 0. The van der Waals surface area contributed by atoms with E-state index in [0.717, 1.165) is 5.56 Å². The van der Waals surface area contributed by atoms with Crippen LogP contribution in [0.1, 0.15) is 22.8 Å². The van der Waals surface area contributed by atoms with Crippen molar-refractivity contribution in [1.82, 2.24) is 20.2 Å². The summed E-state index contributed by atoms with van der Waals surface area (Å²) in [5.74, 6) is 0.0255. The van der Waals surface area contributed by atoms with Crippen LogP contribution in [0.25, 0.3) is 0 Å². The third-order valence-corrected chi connectivity index (χ3v) is 5.96.